The van der Waals surface area contributed by atoms with Gasteiger partial charge in [-0.3, -0.25) is 19.2 Å². The van der Waals surface area contributed by atoms with E-state index in [0.29, 0.717) is 83.0 Å². The Bertz CT molecular complexity index is 5720. The maximum atomic E-state index is 12.8. The number of aryl methyl sites for hydroxylation is 4. The number of carbonyl (C=O) groups excluding carboxylic acids is 4. The molecule has 0 spiro atoms. The molecule has 0 saturated carbocycles. The molecule has 4 amide bonds. The fraction of sp³-hybridized carbons (Fsp3) is 0.231. The number of hydrogen-bond acceptors (Lipinski definition) is 24. The second-order valence-electron chi connectivity index (χ2n) is 31.6. The van der Waals surface area contributed by atoms with Gasteiger partial charge in [-0.15, -0.1) is 11.3 Å². The van der Waals surface area contributed by atoms with E-state index in [1.54, 1.807) is 67.1 Å². The van der Waals surface area contributed by atoms with Crippen molar-refractivity contribution in [3.05, 3.63) is 304 Å². The van der Waals surface area contributed by atoms with E-state index in [4.69, 9.17) is 51.1 Å². The van der Waals surface area contributed by atoms with Crippen LogP contribution in [0.1, 0.15) is 165 Å². The minimum absolute atomic E-state index is 0.0329. The van der Waals surface area contributed by atoms with Crippen LogP contribution in [0.4, 0.5) is 0 Å². The molecule has 4 aromatic heterocycles. The number of thiazole rings is 1. The van der Waals surface area contributed by atoms with E-state index in [-0.39, 0.29) is 78.9 Å². The standard InChI is InChI=1S/3C26H26N2O5.C26H26N2O4S/c1-15-5-6-19-20(8-17-9-23(31-3)26(30)24(10-17)32-4)16(2)21(22(19)7-15)11-25(29)27-12-18-13-33-14-28-18;1-15-5-6-19-20(8-17-9-23(31-3)26(30)24(10-17)32-4)16(2)21(22(19)7-15)11-25(29)28-13-18-12-27-14-33-18;2*1-15-5-6-18-19(10-17-11-22(31-3)26(30)23(12-17)32-4)16(2)20(21(18)9-15)13-24(29)28-14-25-27-7-8-33-25/h5-10,13-14,30H,11-12H2,1-4H3,(H,27,29);5-10,12,14,30H,11,13H2,1-4H3,(H,28,29);2*5-12,30H,13-14H2,1-4H3,(H,28,29)/b2*20-8-;2*19-10-. The monoisotopic (exact) mass is 1800 g/mol. The third-order valence-corrected chi connectivity index (χ3v) is 23.7. The van der Waals surface area contributed by atoms with Gasteiger partial charge in [0, 0.05) is 11.6 Å². The van der Waals surface area contributed by atoms with Crippen molar-refractivity contribution in [2.24, 2.45) is 0 Å². The fourth-order valence-corrected chi connectivity index (χ4v) is 16.7. The third kappa shape index (κ3) is 21.7. The van der Waals surface area contributed by atoms with Gasteiger partial charge in [0.2, 0.25) is 52.5 Å². The predicted molar refractivity (Wildman–Crippen MR) is 509 cm³/mol. The number of carbonyl (C=O) groups is 4. The number of oxazole rings is 3. The van der Waals surface area contributed by atoms with Crippen molar-refractivity contribution in [3.63, 3.8) is 0 Å². The van der Waals surface area contributed by atoms with Crippen molar-refractivity contribution in [2.75, 3.05) is 56.9 Å². The Labute approximate surface area is 768 Å². The molecule has 8 aromatic carbocycles. The van der Waals surface area contributed by atoms with Gasteiger partial charge in [-0.1, -0.05) is 95.1 Å². The second-order valence-corrected chi connectivity index (χ2v) is 32.5. The number of hydrogen-bond donors (Lipinski definition) is 8. The first-order valence-electron chi connectivity index (χ1n) is 42.1. The number of nitrogens with one attached hydrogen (secondary N) is 4. The van der Waals surface area contributed by atoms with Gasteiger partial charge < -0.3 is 92.8 Å². The zero-order chi connectivity index (χ0) is 94.1. The molecule has 16 rings (SSSR count). The molecule has 4 aliphatic carbocycles. The van der Waals surface area contributed by atoms with E-state index >= 15 is 0 Å². The van der Waals surface area contributed by atoms with Gasteiger partial charge in [-0.25, -0.2) is 19.9 Å². The van der Waals surface area contributed by atoms with Crippen molar-refractivity contribution in [2.45, 2.75) is 107 Å². The van der Waals surface area contributed by atoms with E-state index in [1.165, 1.54) is 93.5 Å². The van der Waals surface area contributed by atoms with Crippen LogP contribution in [-0.2, 0) is 45.4 Å². The van der Waals surface area contributed by atoms with E-state index in [2.05, 4.69) is 114 Å². The lowest BCUT2D eigenvalue weighted by Gasteiger charge is -2.11. The molecule has 28 heteroatoms. The van der Waals surface area contributed by atoms with Crippen molar-refractivity contribution < 1.29 is 90.8 Å². The normalized spacial score (nSPS) is 13.9. The Morgan fingerprint density at radius 2 is 0.682 bits per heavy atom. The van der Waals surface area contributed by atoms with Crippen LogP contribution in [0.5, 0.6) is 69.0 Å². The van der Waals surface area contributed by atoms with Gasteiger partial charge >= 0.3 is 0 Å². The van der Waals surface area contributed by atoms with Gasteiger partial charge in [0.25, 0.3) is 0 Å². The molecule has 0 fully saturated rings. The molecule has 0 atom stereocenters. The Morgan fingerprint density at radius 3 is 0.955 bits per heavy atom. The number of phenolic OH excluding ortho intramolecular Hbond substituents is 4. The molecule has 0 aliphatic heterocycles. The fourth-order valence-electron chi connectivity index (χ4n) is 16.1. The molecule has 0 saturated heterocycles. The number of benzene rings is 8. The van der Waals surface area contributed by atoms with Gasteiger partial charge in [0.1, 0.15) is 23.3 Å². The van der Waals surface area contributed by atoms with Crippen molar-refractivity contribution in [3.8, 4) is 69.0 Å². The Kier molecular flexibility index (Phi) is 30.3. The van der Waals surface area contributed by atoms with Gasteiger partial charge in [-0.2, -0.15) is 0 Å². The summed E-state index contributed by atoms with van der Waals surface area (Å²) in [4.78, 5) is 67.1. The lowest BCUT2D eigenvalue weighted by molar-refractivity contribution is -0.121. The molecule has 680 valence electrons. The van der Waals surface area contributed by atoms with Crippen LogP contribution in [0.2, 0.25) is 0 Å². The van der Waals surface area contributed by atoms with Crippen LogP contribution in [0.25, 0.3) is 68.9 Å². The van der Waals surface area contributed by atoms with Crippen LogP contribution >= 0.6 is 11.3 Å². The largest absolute Gasteiger partial charge is 0.502 e. The summed E-state index contributed by atoms with van der Waals surface area (Å²) in [6.07, 6.45) is 19.7. The Morgan fingerprint density at radius 1 is 0.364 bits per heavy atom. The lowest BCUT2D eigenvalue weighted by atomic mass is 9.98. The average molecular weight is 1800 g/mol. The zero-order valence-electron chi connectivity index (χ0n) is 76.2. The molecular formula is C104H104N8O19S. The number of phenols is 4. The van der Waals surface area contributed by atoms with Crippen LogP contribution in [-0.4, -0.2) is 121 Å². The summed E-state index contributed by atoms with van der Waals surface area (Å²) in [7, 11) is 12.0. The van der Waals surface area contributed by atoms with Crippen LogP contribution in [0.15, 0.2) is 206 Å². The predicted octanol–water partition coefficient (Wildman–Crippen LogP) is 19.4. The molecule has 4 heterocycles. The SMILES string of the molecule is COc1cc(/C=C2/C(C)=C(CC(=O)NCc3cnco3)c3cc(C)ccc32)cc(OC)c1O.COc1cc(/C=C2/C(C)=C(CC(=O)NCc3cocn3)c3cc(C)ccc32)cc(OC)c1O.COc1cc(/C=C2/C(C)=C(CC(=O)NCc3ncco3)c3cc(C)ccc32)cc(OC)c1O.COc1cc(/C=C2/C(C)=C(CC(=O)NCc3nccs3)c3cc(C)ccc32)cc(OC)c1O. The number of fused-ring (bicyclic) bond motifs is 4. The highest BCUT2D eigenvalue weighted by Gasteiger charge is 2.32. The minimum atomic E-state index is -0.107. The smallest absolute Gasteiger partial charge is 0.224 e. The van der Waals surface area contributed by atoms with Gasteiger partial charge in [0.05, 0.1) is 127 Å². The molecule has 27 nitrogen and oxygen atoms in total. The topological polar surface area (TPSA) is 362 Å². The summed E-state index contributed by atoms with van der Waals surface area (Å²) in [6.45, 7) is 17.6. The maximum Gasteiger partial charge on any atom is 0.224 e. The quantitative estimate of drug-likeness (QED) is 0.0226. The molecule has 132 heavy (non-hydrogen) atoms. The van der Waals surface area contributed by atoms with E-state index in [0.717, 1.165) is 161 Å². The molecule has 12 aromatic rings. The van der Waals surface area contributed by atoms with Gasteiger partial charge in [0.15, 0.2) is 58.8 Å². The molecule has 0 unspecified atom stereocenters. The number of ether oxygens (including phenoxy) is 8. The summed E-state index contributed by atoms with van der Waals surface area (Å²) in [5.74, 6) is 3.24. The summed E-state index contributed by atoms with van der Waals surface area (Å²) in [6, 6.07) is 39.1. The molecule has 0 bridgehead atoms. The second kappa shape index (κ2) is 42.6. The van der Waals surface area contributed by atoms with Crippen LogP contribution in [0.3, 0.4) is 0 Å². The highest BCUT2D eigenvalue weighted by molar-refractivity contribution is 7.09. The average Bonchev–Trinajstić information content (AvgIpc) is 1.63. The number of amides is 4. The first-order valence-corrected chi connectivity index (χ1v) is 43.0. The number of methoxy groups -OCH3 is 8. The van der Waals surface area contributed by atoms with Gasteiger partial charge in [-0.05, 0) is 262 Å². The highest BCUT2D eigenvalue weighted by atomic mass is 32.1. The number of allylic oxidation sites excluding steroid dienone is 8. The third-order valence-electron chi connectivity index (χ3n) is 22.9. The summed E-state index contributed by atoms with van der Waals surface area (Å²) in [5.41, 5.74) is 29.0. The maximum absolute atomic E-state index is 12.8. The molecular weight excluding hydrogens is 1700 g/mol. The van der Waals surface area contributed by atoms with Crippen LogP contribution in [0, 0.1) is 27.7 Å². The summed E-state index contributed by atoms with van der Waals surface area (Å²) >= 11 is 1.52. The molecule has 4 aliphatic rings. The summed E-state index contributed by atoms with van der Waals surface area (Å²) in [5, 5.41) is 55.4. The van der Waals surface area contributed by atoms with Crippen molar-refractivity contribution >= 4 is 104 Å². The lowest BCUT2D eigenvalue weighted by Crippen LogP contribution is -2.22. The van der Waals surface area contributed by atoms with E-state index in [1.807, 2.05) is 85.1 Å². The zero-order valence-corrected chi connectivity index (χ0v) is 77.1. The highest BCUT2D eigenvalue weighted by Crippen LogP contribution is 2.51. The first kappa shape index (κ1) is 94.0. The Hall–Kier alpha value is -15.6. The molecule has 8 N–H and O–H groups in total. The van der Waals surface area contributed by atoms with Crippen molar-refractivity contribution in [1.29, 1.82) is 0 Å². The van der Waals surface area contributed by atoms with E-state index < -0.39 is 0 Å². The number of nitrogens with zero attached hydrogens (tertiary/aromatic N) is 4. The molecule has 0 radical (unpaired) electrons. The van der Waals surface area contributed by atoms with E-state index in [9.17, 15) is 39.6 Å². The van der Waals surface area contributed by atoms with Crippen molar-refractivity contribution in [1.82, 2.24) is 41.2 Å². The minimum Gasteiger partial charge on any atom is -0.502 e. The number of aromatic nitrogens is 4. The van der Waals surface area contributed by atoms with Crippen LogP contribution < -0.4 is 59.2 Å². The Balaban J connectivity index is 0.000000150. The summed E-state index contributed by atoms with van der Waals surface area (Å²) < 4.78 is 57.7. The number of aromatic hydroxyl groups is 4. The first-order chi connectivity index (χ1) is 63.6. The number of rotatable bonds is 28.